The van der Waals surface area contributed by atoms with Crippen LogP contribution in [-0.2, 0) is 9.59 Å². The molecule has 0 saturated heterocycles. The van der Waals surface area contributed by atoms with Crippen molar-refractivity contribution in [1.29, 1.82) is 0 Å². The largest absolute Gasteiger partial charge is 0.481 e. The molecule has 2 atom stereocenters. The minimum absolute atomic E-state index is 0.196. The fraction of sp³-hybridized carbons (Fsp3) is 0.778. The lowest BCUT2D eigenvalue weighted by Gasteiger charge is -2.19. The Morgan fingerprint density at radius 3 is 2.75 bits per heavy atom. The molecule has 2 aliphatic rings. The summed E-state index contributed by atoms with van der Waals surface area (Å²) in [4.78, 5) is 22.1. The highest BCUT2D eigenvalue weighted by Crippen LogP contribution is 2.59. The molecule has 12 heavy (non-hydrogen) atoms. The van der Waals surface area contributed by atoms with Crippen LogP contribution in [0.1, 0.15) is 32.1 Å². The summed E-state index contributed by atoms with van der Waals surface area (Å²) in [7, 11) is 0. The minimum atomic E-state index is -0.787. The number of carbonyl (C=O) groups excluding carboxylic acids is 1. The van der Waals surface area contributed by atoms with Gasteiger partial charge in [0.15, 0.2) is 0 Å². The number of rotatable bonds is 1. The summed E-state index contributed by atoms with van der Waals surface area (Å²) in [6, 6.07) is 0. The van der Waals surface area contributed by atoms with E-state index in [0.29, 0.717) is 12.8 Å². The van der Waals surface area contributed by atoms with Gasteiger partial charge in [0.1, 0.15) is 5.78 Å². The van der Waals surface area contributed by atoms with Crippen LogP contribution in [0, 0.1) is 11.3 Å². The van der Waals surface area contributed by atoms with Crippen molar-refractivity contribution in [3.8, 4) is 0 Å². The van der Waals surface area contributed by atoms with E-state index in [1.165, 1.54) is 0 Å². The third-order valence-electron chi connectivity index (χ3n) is 3.21. The van der Waals surface area contributed by atoms with Crippen LogP contribution < -0.4 is 0 Å². The van der Waals surface area contributed by atoms with Gasteiger partial charge in [0.25, 0.3) is 0 Å². The predicted octanol–water partition coefficient (Wildman–Crippen LogP) is 1.22. The lowest BCUT2D eigenvalue weighted by Crippen LogP contribution is -2.24. The van der Waals surface area contributed by atoms with E-state index in [0.717, 1.165) is 19.3 Å². The highest BCUT2D eigenvalue weighted by Gasteiger charge is 2.63. The number of ketones is 1. The molecule has 2 rings (SSSR count). The summed E-state index contributed by atoms with van der Waals surface area (Å²) < 4.78 is 0. The van der Waals surface area contributed by atoms with E-state index in [1.807, 2.05) is 0 Å². The van der Waals surface area contributed by atoms with E-state index in [9.17, 15) is 9.59 Å². The smallest absolute Gasteiger partial charge is 0.307 e. The molecular weight excluding hydrogens is 156 g/mol. The number of hydrogen-bond acceptors (Lipinski definition) is 2. The maximum absolute atomic E-state index is 11.4. The molecule has 3 heteroatoms. The van der Waals surface area contributed by atoms with Gasteiger partial charge < -0.3 is 5.11 Å². The van der Waals surface area contributed by atoms with E-state index in [-0.39, 0.29) is 11.7 Å². The average Bonchev–Trinajstić information content (AvgIpc) is 2.72. The van der Waals surface area contributed by atoms with Gasteiger partial charge in [-0.1, -0.05) is 6.42 Å². The van der Waals surface area contributed by atoms with Gasteiger partial charge in [-0.2, -0.15) is 0 Å². The molecule has 0 amide bonds. The van der Waals surface area contributed by atoms with Crippen LogP contribution in [0.25, 0.3) is 0 Å². The highest BCUT2D eigenvalue weighted by atomic mass is 16.4. The molecule has 2 saturated carbocycles. The Morgan fingerprint density at radius 2 is 2.25 bits per heavy atom. The lowest BCUT2D eigenvalue weighted by atomic mass is 9.83. The Hall–Kier alpha value is -0.860. The molecule has 0 unspecified atom stereocenters. The maximum atomic E-state index is 11.4. The molecule has 3 nitrogen and oxygen atoms in total. The average molecular weight is 168 g/mol. The summed E-state index contributed by atoms with van der Waals surface area (Å²) in [5.74, 6) is -0.947. The van der Waals surface area contributed by atoms with Crippen molar-refractivity contribution in [3.63, 3.8) is 0 Å². The zero-order valence-electron chi connectivity index (χ0n) is 6.88. The van der Waals surface area contributed by atoms with E-state index < -0.39 is 11.4 Å². The quantitative estimate of drug-likeness (QED) is 0.640. The minimum Gasteiger partial charge on any atom is -0.481 e. The summed E-state index contributed by atoms with van der Waals surface area (Å²) in [5.41, 5.74) is -0.413. The Morgan fingerprint density at radius 1 is 1.50 bits per heavy atom. The second kappa shape index (κ2) is 2.31. The van der Waals surface area contributed by atoms with Crippen LogP contribution >= 0.6 is 0 Å². The van der Waals surface area contributed by atoms with Crippen molar-refractivity contribution in [2.24, 2.45) is 11.3 Å². The lowest BCUT2D eigenvalue weighted by molar-refractivity contribution is -0.142. The Balaban J connectivity index is 2.13. The third-order valence-corrected chi connectivity index (χ3v) is 3.21. The highest BCUT2D eigenvalue weighted by molar-refractivity contribution is 5.95. The molecule has 0 radical (unpaired) electrons. The van der Waals surface area contributed by atoms with Crippen molar-refractivity contribution in [3.05, 3.63) is 0 Å². The van der Waals surface area contributed by atoms with Crippen molar-refractivity contribution >= 4 is 11.8 Å². The van der Waals surface area contributed by atoms with Crippen LogP contribution in [-0.4, -0.2) is 16.9 Å². The van der Waals surface area contributed by atoms with Gasteiger partial charge in [-0.3, -0.25) is 9.59 Å². The monoisotopic (exact) mass is 168 g/mol. The SMILES string of the molecule is O=C(O)[C@@H]1C[C@]12CCCCC2=O. The number of carboxylic acid groups (broad SMARTS) is 1. The predicted molar refractivity (Wildman–Crippen MR) is 41.7 cm³/mol. The first-order valence-corrected chi connectivity index (χ1v) is 4.43. The van der Waals surface area contributed by atoms with Crippen LogP contribution in [0.3, 0.4) is 0 Å². The Labute approximate surface area is 70.8 Å². The number of carbonyl (C=O) groups is 2. The molecule has 0 aromatic rings. The zero-order valence-corrected chi connectivity index (χ0v) is 6.88. The number of Topliss-reactive ketones (excluding diaryl/α,β-unsaturated/α-hetero) is 1. The van der Waals surface area contributed by atoms with E-state index in [2.05, 4.69) is 0 Å². The maximum Gasteiger partial charge on any atom is 0.307 e. The van der Waals surface area contributed by atoms with Crippen molar-refractivity contribution in [2.75, 3.05) is 0 Å². The Bertz CT molecular complexity index is 246. The summed E-state index contributed by atoms with van der Waals surface area (Å²) in [6.07, 6.45) is 3.98. The third kappa shape index (κ3) is 0.886. The van der Waals surface area contributed by atoms with E-state index >= 15 is 0 Å². The van der Waals surface area contributed by atoms with Crippen molar-refractivity contribution < 1.29 is 14.7 Å². The summed E-state index contributed by atoms with van der Waals surface area (Å²) in [6.45, 7) is 0. The fourth-order valence-electron chi connectivity index (χ4n) is 2.33. The van der Waals surface area contributed by atoms with Crippen molar-refractivity contribution in [2.45, 2.75) is 32.1 Å². The number of carboxylic acids is 1. The standard InChI is InChI=1S/C9H12O3/c10-7-3-1-2-4-9(7)5-6(9)8(11)12/h6H,1-5H2,(H,11,12)/t6-,9+/m0/s1. The summed E-state index contributed by atoms with van der Waals surface area (Å²) in [5, 5.41) is 8.74. The Kier molecular flexibility index (Phi) is 1.50. The molecule has 0 aromatic carbocycles. The molecule has 0 heterocycles. The molecular formula is C9H12O3. The number of aliphatic carboxylic acids is 1. The normalized spacial score (nSPS) is 40.0. The molecule has 2 aliphatic carbocycles. The summed E-state index contributed by atoms with van der Waals surface area (Å²) >= 11 is 0. The first-order valence-electron chi connectivity index (χ1n) is 4.43. The number of hydrogen-bond donors (Lipinski definition) is 1. The first kappa shape index (κ1) is 7.77. The molecule has 1 spiro atoms. The van der Waals surface area contributed by atoms with Crippen LogP contribution in [0.4, 0.5) is 0 Å². The molecule has 2 fully saturated rings. The fourth-order valence-corrected chi connectivity index (χ4v) is 2.33. The van der Waals surface area contributed by atoms with Gasteiger partial charge in [0.2, 0.25) is 0 Å². The molecule has 0 aromatic heterocycles. The molecule has 1 N–H and O–H groups in total. The van der Waals surface area contributed by atoms with Gasteiger partial charge in [-0.15, -0.1) is 0 Å². The molecule has 66 valence electrons. The van der Waals surface area contributed by atoms with Gasteiger partial charge in [0, 0.05) is 11.8 Å². The topological polar surface area (TPSA) is 54.4 Å². The van der Waals surface area contributed by atoms with Gasteiger partial charge in [-0.25, -0.2) is 0 Å². The van der Waals surface area contributed by atoms with Crippen LogP contribution in [0.5, 0.6) is 0 Å². The first-order chi connectivity index (χ1) is 5.67. The molecule has 0 aliphatic heterocycles. The van der Waals surface area contributed by atoms with Gasteiger partial charge >= 0.3 is 5.97 Å². The van der Waals surface area contributed by atoms with E-state index in [4.69, 9.17) is 5.11 Å². The van der Waals surface area contributed by atoms with Gasteiger partial charge in [0.05, 0.1) is 5.92 Å². The second-order valence-corrected chi connectivity index (χ2v) is 3.88. The van der Waals surface area contributed by atoms with Crippen molar-refractivity contribution in [1.82, 2.24) is 0 Å². The van der Waals surface area contributed by atoms with Gasteiger partial charge in [-0.05, 0) is 19.3 Å². The van der Waals surface area contributed by atoms with Crippen LogP contribution in [0.15, 0.2) is 0 Å². The van der Waals surface area contributed by atoms with Crippen LogP contribution in [0.2, 0.25) is 0 Å². The molecule has 0 bridgehead atoms. The zero-order chi connectivity index (χ0) is 8.77. The second-order valence-electron chi connectivity index (χ2n) is 3.88. The van der Waals surface area contributed by atoms with E-state index in [1.54, 1.807) is 0 Å².